The fraction of sp³-hybridized carbons (Fsp3) is 0.435. The van der Waals surface area contributed by atoms with Crippen LogP contribution in [0.2, 0.25) is 5.02 Å². The number of para-hydroxylation sites is 1. The molecule has 1 atom stereocenters. The van der Waals surface area contributed by atoms with Gasteiger partial charge < -0.3 is 4.74 Å². The number of halogens is 1. The molecule has 3 nitrogen and oxygen atoms in total. The fourth-order valence-electron chi connectivity index (χ4n) is 4.80. The minimum Gasteiger partial charge on any atom is -0.466 e. The zero-order valence-corrected chi connectivity index (χ0v) is 16.7. The Balaban J connectivity index is 1.59. The third kappa shape index (κ3) is 2.75. The molecule has 2 heterocycles. The molecular formula is C23H25ClN2O. The van der Waals surface area contributed by atoms with Gasteiger partial charge in [0.2, 0.25) is 0 Å². The molecule has 0 N–H and O–H groups in total. The number of hydrogen-bond acceptors (Lipinski definition) is 3. The highest BCUT2D eigenvalue weighted by Crippen LogP contribution is 2.52. The summed E-state index contributed by atoms with van der Waals surface area (Å²) in [5.74, 6) is 1.85. The Hall–Kier alpha value is -2.00. The second-order valence-corrected chi connectivity index (χ2v) is 8.78. The molecule has 4 heteroatoms. The van der Waals surface area contributed by atoms with Crippen LogP contribution in [-0.4, -0.2) is 16.4 Å². The Morgan fingerprint density at radius 2 is 1.85 bits per heavy atom. The first-order valence-electron chi connectivity index (χ1n) is 9.97. The van der Waals surface area contributed by atoms with E-state index in [-0.39, 0.29) is 11.8 Å². The molecule has 0 aromatic heterocycles. The third-order valence-electron chi connectivity index (χ3n) is 6.45. The van der Waals surface area contributed by atoms with Crippen molar-refractivity contribution in [3.63, 3.8) is 0 Å². The molecule has 0 radical (unpaired) electrons. The van der Waals surface area contributed by atoms with Crippen LogP contribution in [0.4, 0.5) is 0 Å². The zero-order valence-electron chi connectivity index (χ0n) is 15.9. The van der Waals surface area contributed by atoms with Gasteiger partial charge in [0.05, 0.1) is 11.8 Å². The molecule has 0 unspecified atom stereocenters. The van der Waals surface area contributed by atoms with Gasteiger partial charge in [-0.2, -0.15) is 5.10 Å². The van der Waals surface area contributed by atoms with Crippen molar-refractivity contribution in [1.82, 2.24) is 5.01 Å². The largest absolute Gasteiger partial charge is 0.466 e. The van der Waals surface area contributed by atoms with Crippen LogP contribution in [-0.2, 0) is 0 Å². The van der Waals surface area contributed by atoms with Gasteiger partial charge in [0.25, 0.3) is 0 Å². The lowest BCUT2D eigenvalue weighted by Crippen LogP contribution is -2.55. The molecule has 2 aliphatic heterocycles. The minimum absolute atomic E-state index is 0.257. The van der Waals surface area contributed by atoms with E-state index in [1.807, 2.05) is 12.1 Å². The van der Waals surface area contributed by atoms with Crippen LogP contribution in [0.3, 0.4) is 0 Å². The molecule has 0 saturated heterocycles. The van der Waals surface area contributed by atoms with Crippen molar-refractivity contribution < 1.29 is 4.74 Å². The number of rotatable bonds is 1. The SMILES string of the molecule is Cc1cccc2c1OC1(CCC(C)CC1)N1N=C(c3ccc(Cl)cc3)C[C@H]21. The molecule has 2 aromatic carbocycles. The highest BCUT2D eigenvalue weighted by molar-refractivity contribution is 6.30. The second kappa shape index (κ2) is 6.27. The summed E-state index contributed by atoms with van der Waals surface area (Å²) in [4.78, 5) is 0. The summed E-state index contributed by atoms with van der Waals surface area (Å²) in [7, 11) is 0. The van der Waals surface area contributed by atoms with E-state index in [1.165, 1.54) is 24.0 Å². The van der Waals surface area contributed by atoms with Gasteiger partial charge in [-0.15, -0.1) is 0 Å². The number of hydrogen-bond donors (Lipinski definition) is 0. The van der Waals surface area contributed by atoms with Gasteiger partial charge in [-0.25, -0.2) is 5.01 Å². The number of nitrogens with zero attached hydrogens (tertiary/aromatic N) is 2. The standard InChI is InChI=1S/C23H25ClN2O/c1-15-10-12-23(13-11-15)26-21(19-5-3-4-16(2)22(19)27-23)14-20(25-26)17-6-8-18(24)9-7-17/h3-9,15,21H,10-14H2,1-2H3/t15?,21-,23?/m1/s1. The lowest BCUT2D eigenvalue weighted by atomic mass is 9.81. The van der Waals surface area contributed by atoms with E-state index in [4.69, 9.17) is 21.4 Å². The number of aryl methyl sites for hydroxylation is 1. The summed E-state index contributed by atoms with van der Waals surface area (Å²) >= 11 is 6.08. The van der Waals surface area contributed by atoms with Gasteiger partial charge >= 0.3 is 0 Å². The van der Waals surface area contributed by atoms with E-state index < -0.39 is 0 Å². The number of hydrazone groups is 1. The van der Waals surface area contributed by atoms with Crippen molar-refractivity contribution in [2.24, 2.45) is 11.0 Å². The highest BCUT2D eigenvalue weighted by atomic mass is 35.5. The lowest BCUT2D eigenvalue weighted by molar-refractivity contribution is -0.145. The van der Waals surface area contributed by atoms with Gasteiger partial charge in [0.1, 0.15) is 5.75 Å². The summed E-state index contributed by atoms with van der Waals surface area (Å²) in [5, 5.41) is 8.18. The smallest absolute Gasteiger partial charge is 0.198 e. The maximum absolute atomic E-state index is 6.75. The van der Waals surface area contributed by atoms with E-state index in [1.54, 1.807) is 0 Å². The van der Waals surface area contributed by atoms with Crippen LogP contribution in [0.1, 0.15) is 61.8 Å². The number of benzene rings is 2. The van der Waals surface area contributed by atoms with Crippen LogP contribution in [0, 0.1) is 12.8 Å². The summed E-state index contributed by atoms with van der Waals surface area (Å²) in [6.45, 7) is 4.50. The van der Waals surface area contributed by atoms with E-state index in [9.17, 15) is 0 Å². The average Bonchev–Trinajstić information content (AvgIpc) is 3.12. The van der Waals surface area contributed by atoms with Crippen LogP contribution in [0.5, 0.6) is 5.75 Å². The van der Waals surface area contributed by atoms with E-state index >= 15 is 0 Å². The highest BCUT2D eigenvalue weighted by Gasteiger charge is 2.51. The molecule has 2 aromatic rings. The number of ether oxygens (including phenoxy) is 1. The van der Waals surface area contributed by atoms with Crippen LogP contribution in [0.15, 0.2) is 47.6 Å². The Morgan fingerprint density at radius 1 is 1.11 bits per heavy atom. The Morgan fingerprint density at radius 3 is 2.59 bits per heavy atom. The van der Waals surface area contributed by atoms with Gasteiger partial charge in [0.15, 0.2) is 5.72 Å². The summed E-state index contributed by atoms with van der Waals surface area (Å²) < 4.78 is 6.75. The van der Waals surface area contributed by atoms with Crippen LogP contribution in [0.25, 0.3) is 0 Å². The molecule has 27 heavy (non-hydrogen) atoms. The molecule has 1 saturated carbocycles. The van der Waals surface area contributed by atoms with Gasteiger partial charge in [-0.3, -0.25) is 0 Å². The summed E-state index contributed by atoms with van der Waals surface area (Å²) in [6.07, 6.45) is 5.37. The Kier molecular flexibility index (Phi) is 3.98. The maximum Gasteiger partial charge on any atom is 0.198 e. The van der Waals surface area contributed by atoms with E-state index in [0.29, 0.717) is 0 Å². The minimum atomic E-state index is -0.301. The first-order chi connectivity index (χ1) is 13.1. The normalized spacial score (nSPS) is 29.1. The Bertz CT molecular complexity index is 897. The zero-order chi connectivity index (χ0) is 18.6. The molecule has 0 amide bonds. The average molecular weight is 381 g/mol. The van der Waals surface area contributed by atoms with Crippen LogP contribution >= 0.6 is 11.6 Å². The quantitative estimate of drug-likeness (QED) is 0.597. The Labute approximate surface area is 166 Å². The molecule has 5 rings (SSSR count). The van der Waals surface area contributed by atoms with Crippen molar-refractivity contribution in [2.45, 2.75) is 57.7 Å². The van der Waals surface area contributed by atoms with Crippen molar-refractivity contribution in [3.05, 3.63) is 64.2 Å². The number of fused-ring (bicyclic) bond motifs is 4. The van der Waals surface area contributed by atoms with E-state index in [0.717, 1.165) is 47.2 Å². The fourth-order valence-corrected chi connectivity index (χ4v) is 4.93. The van der Waals surface area contributed by atoms with Gasteiger partial charge in [-0.05, 0) is 48.9 Å². The van der Waals surface area contributed by atoms with Crippen molar-refractivity contribution >= 4 is 17.3 Å². The van der Waals surface area contributed by atoms with Crippen molar-refractivity contribution in [2.75, 3.05) is 0 Å². The second-order valence-electron chi connectivity index (χ2n) is 8.34. The molecule has 0 bridgehead atoms. The predicted molar refractivity (Wildman–Crippen MR) is 109 cm³/mol. The van der Waals surface area contributed by atoms with Crippen molar-refractivity contribution in [1.29, 1.82) is 0 Å². The molecule has 140 valence electrons. The van der Waals surface area contributed by atoms with Gasteiger partial charge in [0, 0.05) is 29.8 Å². The third-order valence-corrected chi connectivity index (χ3v) is 6.71. The van der Waals surface area contributed by atoms with Crippen LogP contribution < -0.4 is 4.74 Å². The maximum atomic E-state index is 6.75. The lowest BCUT2D eigenvalue weighted by Gasteiger charge is -2.50. The monoisotopic (exact) mass is 380 g/mol. The topological polar surface area (TPSA) is 24.8 Å². The summed E-state index contributed by atoms with van der Waals surface area (Å²) in [6, 6.07) is 14.8. The molecule has 1 fully saturated rings. The van der Waals surface area contributed by atoms with Crippen molar-refractivity contribution in [3.8, 4) is 5.75 Å². The van der Waals surface area contributed by atoms with E-state index in [2.05, 4.69) is 49.2 Å². The first-order valence-corrected chi connectivity index (χ1v) is 10.3. The molecular weight excluding hydrogens is 356 g/mol. The first kappa shape index (κ1) is 17.1. The summed E-state index contributed by atoms with van der Waals surface area (Å²) in [5.41, 5.74) is 4.48. The molecule has 1 spiro atoms. The molecule has 3 aliphatic rings. The van der Waals surface area contributed by atoms with Gasteiger partial charge in [-0.1, -0.05) is 48.9 Å². The predicted octanol–water partition coefficient (Wildman–Crippen LogP) is 6.10. The molecule has 1 aliphatic carbocycles.